The van der Waals surface area contributed by atoms with Crippen LogP contribution in [0.1, 0.15) is 25.8 Å². The molecule has 0 spiro atoms. The maximum Gasteiger partial charge on any atom is 0.250 e. The number of hydrogen-bond donors (Lipinski definition) is 1. The molecule has 1 rings (SSSR count). The van der Waals surface area contributed by atoms with E-state index in [2.05, 4.69) is 18.8 Å². The van der Waals surface area contributed by atoms with Crippen molar-refractivity contribution in [3.05, 3.63) is 34.2 Å². The highest BCUT2D eigenvalue weighted by atomic mass is 16.1. The van der Waals surface area contributed by atoms with Crippen molar-refractivity contribution in [2.45, 2.75) is 27.2 Å². The number of pyridine rings is 1. The minimum Gasteiger partial charge on any atom is -0.329 e. The SMILES string of the molecule is CCC.Cc1ccc[nH]c1=O. The molecular formula is C9H15NO. The van der Waals surface area contributed by atoms with Crippen molar-refractivity contribution in [1.29, 1.82) is 0 Å². The van der Waals surface area contributed by atoms with Gasteiger partial charge in [0.1, 0.15) is 0 Å². The molecule has 0 saturated heterocycles. The van der Waals surface area contributed by atoms with Crippen LogP contribution in [0.4, 0.5) is 0 Å². The molecule has 1 N–H and O–H groups in total. The van der Waals surface area contributed by atoms with Crippen molar-refractivity contribution in [1.82, 2.24) is 4.98 Å². The van der Waals surface area contributed by atoms with Gasteiger partial charge in [-0.1, -0.05) is 26.3 Å². The molecule has 0 bridgehead atoms. The van der Waals surface area contributed by atoms with Crippen LogP contribution in [-0.4, -0.2) is 4.98 Å². The number of aromatic nitrogens is 1. The van der Waals surface area contributed by atoms with E-state index in [0.717, 1.165) is 5.56 Å². The van der Waals surface area contributed by atoms with Gasteiger partial charge >= 0.3 is 0 Å². The van der Waals surface area contributed by atoms with Crippen molar-refractivity contribution in [3.63, 3.8) is 0 Å². The average Bonchev–Trinajstić information content (AvgIpc) is 1.97. The Labute approximate surface area is 67.3 Å². The molecule has 0 saturated carbocycles. The van der Waals surface area contributed by atoms with E-state index in [9.17, 15) is 4.79 Å². The zero-order valence-electron chi connectivity index (χ0n) is 7.35. The molecule has 0 amide bonds. The Balaban J connectivity index is 0.000000292. The van der Waals surface area contributed by atoms with Gasteiger partial charge in [-0.2, -0.15) is 0 Å². The minimum absolute atomic E-state index is 0.00694. The zero-order chi connectivity index (χ0) is 8.69. The summed E-state index contributed by atoms with van der Waals surface area (Å²) in [6, 6.07) is 3.58. The summed E-state index contributed by atoms with van der Waals surface area (Å²) in [5, 5.41) is 0. The van der Waals surface area contributed by atoms with Gasteiger partial charge in [0.2, 0.25) is 0 Å². The van der Waals surface area contributed by atoms with Crippen LogP contribution in [0.15, 0.2) is 23.1 Å². The summed E-state index contributed by atoms with van der Waals surface area (Å²) in [4.78, 5) is 13.1. The van der Waals surface area contributed by atoms with Crippen molar-refractivity contribution >= 4 is 0 Å². The maximum atomic E-state index is 10.6. The van der Waals surface area contributed by atoms with Gasteiger partial charge in [-0.05, 0) is 13.0 Å². The predicted octanol–water partition coefficient (Wildman–Crippen LogP) is 2.10. The van der Waals surface area contributed by atoms with Crippen LogP contribution in [0.2, 0.25) is 0 Å². The number of H-pyrrole nitrogens is 1. The highest BCUT2D eigenvalue weighted by molar-refractivity contribution is 5.05. The Hall–Kier alpha value is -1.05. The summed E-state index contributed by atoms with van der Waals surface area (Å²) in [5.74, 6) is 0. The van der Waals surface area contributed by atoms with E-state index >= 15 is 0 Å². The van der Waals surface area contributed by atoms with E-state index in [4.69, 9.17) is 0 Å². The van der Waals surface area contributed by atoms with Gasteiger partial charge in [0.15, 0.2) is 0 Å². The van der Waals surface area contributed by atoms with E-state index in [-0.39, 0.29) is 5.56 Å². The Morgan fingerprint density at radius 2 is 2.00 bits per heavy atom. The first kappa shape index (κ1) is 9.95. The summed E-state index contributed by atoms with van der Waals surface area (Å²) >= 11 is 0. The topological polar surface area (TPSA) is 32.9 Å². The molecule has 0 aliphatic heterocycles. The third-order valence-corrected chi connectivity index (χ3v) is 1.02. The highest BCUT2D eigenvalue weighted by Gasteiger charge is 1.83. The van der Waals surface area contributed by atoms with Gasteiger partial charge in [-0.15, -0.1) is 0 Å². The first-order valence-electron chi connectivity index (χ1n) is 3.86. The summed E-state index contributed by atoms with van der Waals surface area (Å²) in [7, 11) is 0. The molecule has 2 heteroatoms. The Bertz CT molecular complexity index is 239. The minimum atomic E-state index is -0.00694. The molecule has 1 aromatic rings. The molecule has 0 aromatic carbocycles. The fourth-order valence-electron chi connectivity index (χ4n) is 0.506. The first-order chi connectivity index (χ1) is 5.22. The van der Waals surface area contributed by atoms with Crippen LogP contribution < -0.4 is 5.56 Å². The molecule has 62 valence electrons. The molecule has 0 aliphatic carbocycles. The second-order valence-electron chi connectivity index (χ2n) is 2.39. The van der Waals surface area contributed by atoms with Crippen LogP contribution in [0.25, 0.3) is 0 Å². The number of aromatic amines is 1. The molecular weight excluding hydrogens is 138 g/mol. The zero-order valence-corrected chi connectivity index (χ0v) is 7.35. The molecule has 1 aromatic heterocycles. The van der Waals surface area contributed by atoms with Gasteiger partial charge in [-0.3, -0.25) is 4.79 Å². The summed E-state index contributed by atoms with van der Waals surface area (Å²) in [6.07, 6.45) is 2.87. The molecule has 0 unspecified atom stereocenters. The van der Waals surface area contributed by atoms with Crippen LogP contribution >= 0.6 is 0 Å². The lowest BCUT2D eigenvalue weighted by molar-refractivity contribution is 1.09. The third kappa shape index (κ3) is 4.37. The van der Waals surface area contributed by atoms with Crippen molar-refractivity contribution in [3.8, 4) is 0 Å². The standard InChI is InChI=1S/C6H7NO.C3H8/c1-5-3-2-4-7-6(5)8;1-3-2/h2-4H,1H3,(H,7,8);3H2,1-2H3. The average molecular weight is 153 g/mol. The smallest absolute Gasteiger partial charge is 0.250 e. The fraction of sp³-hybridized carbons (Fsp3) is 0.444. The summed E-state index contributed by atoms with van der Waals surface area (Å²) in [5.41, 5.74) is 0.750. The monoisotopic (exact) mass is 153 g/mol. The quantitative estimate of drug-likeness (QED) is 0.608. The Morgan fingerprint density at radius 3 is 2.27 bits per heavy atom. The van der Waals surface area contributed by atoms with Crippen molar-refractivity contribution in [2.24, 2.45) is 0 Å². The lowest BCUT2D eigenvalue weighted by Gasteiger charge is -1.83. The van der Waals surface area contributed by atoms with Gasteiger partial charge < -0.3 is 4.98 Å². The van der Waals surface area contributed by atoms with Crippen molar-refractivity contribution < 1.29 is 0 Å². The van der Waals surface area contributed by atoms with Crippen LogP contribution in [0.5, 0.6) is 0 Å². The van der Waals surface area contributed by atoms with Gasteiger partial charge in [0.25, 0.3) is 5.56 Å². The second kappa shape index (κ2) is 5.71. The first-order valence-corrected chi connectivity index (χ1v) is 3.86. The third-order valence-electron chi connectivity index (χ3n) is 1.02. The van der Waals surface area contributed by atoms with Crippen LogP contribution in [-0.2, 0) is 0 Å². The number of nitrogens with one attached hydrogen (secondary N) is 1. The molecule has 11 heavy (non-hydrogen) atoms. The molecule has 1 heterocycles. The fourth-order valence-corrected chi connectivity index (χ4v) is 0.506. The molecule has 0 radical (unpaired) electrons. The van der Waals surface area contributed by atoms with Gasteiger partial charge in [0.05, 0.1) is 0 Å². The van der Waals surface area contributed by atoms with E-state index in [1.807, 2.05) is 0 Å². The van der Waals surface area contributed by atoms with E-state index in [0.29, 0.717) is 0 Å². The largest absolute Gasteiger partial charge is 0.329 e. The maximum absolute atomic E-state index is 10.6. The second-order valence-corrected chi connectivity index (χ2v) is 2.39. The number of hydrogen-bond acceptors (Lipinski definition) is 1. The summed E-state index contributed by atoms with van der Waals surface area (Å²) < 4.78 is 0. The molecule has 0 aliphatic rings. The van der Waals surface area contributed by atoms with E-state index in [1.54, 1.807) is 25.3 Å². The molecule has 2 nitrogen and oxygen atoms in total. The molecule has 0 atom stereocenters. The Morgan fingerprint density at radius 1 is 1.45 bits per heavy atom. The number of aryl methyl sites for hydroxylation is 1. The van der Waals surface area contributed by atoms with E-state index in [1.165, 1.54) is 6.42 Å². The normalized spacial score (nSPS) is 8.27. The predicted molar refractivity (Wildman–Crippen MR) is 47.8 cm³/mol. The lowest BCUT2D eigenvalue weighted by atomic mass is 10.3. The molecule has 0 fully saturated rings. The lowest BCUT2D eigenvalue weighted by Crippen LogP contribution is -2.06. The van der Waals surface area contributed by atoms with E-state index < -0.39 is 0 Å². The summed E-state index contributed by atoms with van der Waals surface area (Å²) in [6.45, 7) is 6.03. The van der Waals surface area contributed by atoms with Gasteiger partial charge in [-0.25, -0.2) is 0 Å². The van der Waals surface area contributed by atoms with Crippen LogP contribution in [0.3, 0.4) is 0 Å². The highest BCUT2D eigenvalue weighted by Crippen LogP contribution is 1.81. The number of rotatable bonds is 0. The van der Waals surface area contributed by atoms with Crippen LogP contribution in [0, 0.1) is 6.92 Å². The van der Waals surface area contributed by atoms with Gasteiger partial charge in [0, 0.05) is 11.8 Å². The van der Waals surface area contributed by atoms with Crippen molar-refractivity contribution in [2.75, 3.05) is 0 Å². The Kier molecular flexibility index (Phi) is 5.17.